The van der Waals surface area contributed by atoms with E-state index < -0.39 is 5.41 Å². The number of halogens is 2. The van der Waals surface area contributed by atoms with Crippen LogP contribution < -0.4 is 10.6 Å². The molecule has 0 fully saturated rings. The first kappa shape index (κ1) is 23.2. The van der Waals surface area contributed by atoms with Crippen molar-refractivity contribution in [1.29, 1.82) is 0 Å². The van der Waals surface area contributed by atoms with Gasteiger partial charge in [-0.15, -0.1) is 23.2 Å². The van der Waals surface area contributed by atoms with Crippen molar-refractivity contribution < 1.29 is 9.59 Å². The SMILES string of the molecule is O=C(CCl)Nc1ccc(C2(c3ccc(NC(=O)CCl)cc3)c3ccccc3-c3ccccc32)cc1. The monoisotopic (exact) mass is 500 g/mol. The highest BCUT2D eigenvalue weighted by molar-refractivity contribution is 6.29. The first-order valence-electron chi connectivity index (χ1n) is 11.2. The summed E-state index contributed by atoms with van der Waals surface area (Å²) in [4.78, 5) is 23.6. The average Bonchev–Trinajstić information content (AvgIpc) is 3.21. The van der Waals surface area contributed by atoms with Crippen LogP contribution in [0.15, 0.2) is 97.1 Å². The Morgan fingerprint density at radius 3 is 1.31 bits per heavy atom. The van der Waals surface area contributed by atoms with Crippen LogP contribution in [0, 0.1) is 0 Å². The lowest BCUT2D eigenvalue weighted by atomic mass is 9.67. The van der Waals surface area contributed by atoms with Gasteiger partial charge in [-0.05, 0) is 57.6 Å². The van der Waals surface area contributed by atoms with Crippen molar-refractivity contribution in [2.75, 3.05) is 22.4 Å². The number of carbonyl (C=O) groups excluding carboxylic acids is 2. The summed E-state index contributed by atoms with van der Waals surface area (Å²) in [6, 6.07) is 32.7. The second kappa shape index (κ2) is 9.57. The summed E-state index contributed by atoms with van der Waals surface area (Å²) < 4.78 is 0. The number of carbonyl (C=O) groups is 2. The fourth-order valence-electron chi connectivity index (χ4n) is 5.02. The molecule has 0 unspecified atom stereocenters. The molecule has 0 saturated carbocycles. The topological polar surface area (TPSA) is 58.2 Å². The number of hydrogen-bond acceptors (Lipinski definition) is 2. The van der Waals surface area contributed by atoms with Crippen molar-refractivity contribution >= 4 is 46.4 Å². The quantitative estimate of drug-likeness (QED) is 0.265. The van der Waals surface area contributed by atoms with Crippen molar-refractivity contribution in [2.24, 2.45) is 0 Å². The van der Waals surface area contributed by atoms with Gasteiger partial charge in [0.15, 0.2) is 0 Å². The highest BCUT2D eigenvalue weighted by Gasteiger charge is 2.45. The third-order valence-corrected chi connectivity index (χ3v) is 6.88. The van der Waals surface area contributed by atoms with E-state index >= 15 is 0 Å². The largest absolute Gasteiger partial charge is 0.325 e. The van der Waals surface area contributed by atoms with Crippen LogP contribution in [-0.4, -0.2) is 23.6 Å². The van der Waals surface area contributed by atoms with Gasteiger partial charge in [0, 0.05) is 11.4 Å². The fraction of sp³-hybridized carbons (Fsp3) is 0.103. The Balaban J connectivity index is 1.71. The van der Waals surface area contributed by atoms with Crippen LogP contribution in [-0.2, 0) is 15.0 Å². The summed E-state index contributed by atoms with van der Waals surface area (Å²) in [5, 5.41) is 5.62. The molecule has 2 amide bonds. The number of nitrogens with one attached hydrogen (secondary N) is 2. The van der Waals surface area contributed by atoms with Crippen molar-refractivity contribution in [3.05, 3.63) is 119 Å². The smallest absolute Gasteiger partial charge is 0.239 e. The summed E-state index contributed by atoms with van der Waals surface area (Å²) in [5.41, 5.74) is 7.66. The Kier molecular flexibility index (Phi) is 6.33. The average molecular weight is 501 g/mol. The molecule has 1 aliphatic rings. The second-order valence-corrected chi connectivity index (χ2v) is 8.89. The Hall–Kier alpha value is -3.60. The Bertz CT molecular complexity index is 1290. The Labute approximate surface area is 213 Å². The van der Waals surface area contributed by atoms with Crippen LogP contribution in [0.3, 0.4) is 0 Å². The maximum absolute atomic E-state index is 11.8. The molecule has 1 aliphatic carbocycles. The number of amides is 2. The lowest BCUT2D eigenvalue weighted by molar-refractivity contribution is -0.114. The molecule has 6 heteroatoms. The first-order chi connectivity index (χ1) is 17.1. The van der Waals surface area contributed by atoms with Crippen molar-refractivity contribution in [2.45, 2.75) is 5.41 Å². The zero-order valence-electron chi connectivity index (χ0n) is 18.7. The maximum atomic E-state index is 11.8. The molecule has 0 heterocycles. The third kappa shape index (κ3) is 3.99. The summed E-state index contributed by atoms with van der Waals surface area (Å²) >= 11 is 11.3. The van der Waals surface area contributed by atoms with Crippen molar-refractivity contribution in [1.82, 2.24) is 0 Å². The molecule has 0 saturated heterocycles. The van der Waals surface area contributed by atoms with Gasteiger partial charge in [0.05, 0.1) is 5.41 Å². The molecule has 0 aliphatic heterocycles. The van der Waals surface area contributed by atoms with Gasteiger partial charge >= 0.3 is 0 Å². The van der Waals surface area contributed by atoms with E-state index in [0.29, 0.717) is 11.4 Å². The van der Waals surface area contributed by atoms with Crippen LogP contribution in [0.25, 0.3) is 11.1 Å². The summed E-state index contributed by atoms with van der Waals surface area (Å²) in [6.45, 7) is 0. The lowest BCUT2D eigenvalue weighted by Crippen LogP contribution is -2.28. The number of fused-ring (bicyclic) bond motifs is 3. The first-order valence-corrected chi connectivity index (χ1v) is 12.3. The molecule has 4 nitrogen and oxygen atoms in total. The van der Waals surface area contributed by atoms with Gasteiger partial charge in [-0.3, -0.25) is 9.59 Å². The number of benzene rings is 4. The van der Waals surface area contributed by atoms with E-state index in [0.717, 1.165) is 11.1 Å². The predicted molar refractivity (Wildman–Crippen MR) is 142 cm³/mol. The molecule has 4 aromatic rings. The van der Waals surface area contributed by atoms with E-state index in [2.05, 4.69) is 59.2 Å². The molecule has 0 radical (unpaired) electrons. The minimum atomic E-state index is -0.572. The van der Waals surface area contributed by atoms with Gasteiger partial charge in [0.1, 0.15) is 11.8 Å². The highest BCUT2D eigenvalue weighted by Crippen LogP contribution is 2.56. The van der Waals surface area contributed by atoms with Crippen LogP contribution in [0.4, 0.5) is 11.4 Å². The molecule has 0 bridgehead atoms. The molecule has 35 heavy (non-hydrogen) atoms. The molecule has 5 rings (SSSR count). The molecule has 4 aromatic carbocycles. The molecule has 2 N–H and O–H groups in total. The predicted octanol–water partition coefficient (Wildman–Crippen LogP) is 6.40. The molecule has 174 valence electrons. The van der Waals surface area contributed by atoms with Crippen molar-refractivity contribution in [3.63, 3.8) is 0 Å². The molecular formula is C29H22Cl2N2O2. The Morgan fingerprint density at radius 1 is 0.571 bits per heavy atom. The number of hydrogen-bond donors (Lipinski definition) is 2. The molecule has 0 spiro atoms. The molecule has 0 aromatic heterocycles. The van der Waals surface area contributed by atoms with E-state index in [-0.39, 0.29) is 23.6 Å². The summed E-state index contributed by atoms with van der Waals surface area (Å²) in [6.07, 6.45) is 0. The Morgan fingerprint density at radius 2 is 0.943 bits per heavy atom. The standard InChI is InChI=1S/C29H22Cl2N2O2/c30-17-27(34)32-21-13-9-19(10-14-21)29(20-11-15-22(16-12-20)33-28(35)18-31)25-7-3-1-5-23(25)24-6-2-4-8-26(24)29/h1-16H,17-18H2,(H,32,34)(H,33,35). The van der Waals surface area contributed by atoms with E-state index in [1.54, 1.807) is 0 Å². The van der Waals surface area contributed by atoms with Crippen molar-refractivity contribution in [3.8, 4) is 11.1 Å². The van der Waals surface area contributed by atoms with Gasteiger partial charge in [0.25, 0.3) is 0 Å². The van der Waals surface area contributed by atoms with Crippen LogP contribution in [0.2, 0.25) is 0 Å². The number of alkyl halides is 2. The lowest BCUT2D eigenvalue weighted by Gasteiger charge is -2.34. The van der Waals surface area contributed by atoms with Crippen LogP contribution >= 0.6 is 23.2 Å². The zero-order chi connectivity index (χ0) is 24.4. The normalized spacial score (nSPS) is 13.0. The van der Waals surface area contributed by atoms with Gasteiger partial charge < -0.3 is 10.6 Å². The van der Waals surface area contributed by atoms with Gasteiger partial charge in [0.2, 0.25) is 11.8 Å². The van der Waals surface area contributed by atoms with Gasteiger partial charge in [-0.1, -0.05) is 72.8 Å². The van der Waals surface area contributed by atoms with E-state index in [1.165, 1.54) is 22.3 Å². The fourth-order valence-corrected chi connectivity index (χ4v) is 5.15. The minimum absolute atomic E-state index is 0.0982. The summed E-state index contributed by atoms with van der Waals surface area (Å²) in [5.74, 6) is -0.696. The zero-order valence-corrected chi connectivity index (χ0v) is 20.2. The summed E-state index contributed by atoms with van der Waals surface area (Å²) in [7, 11) is 0. The van der Waals surface area contributed by atoms with E-state index in [4.69, 9.17) is 23.2 Å². The van der Waals surface area contributed by atoms with Crippen LogP contribution in [0.1, 0.15) is 22.3 Å². The second-order valence-electron chi connectivity index (χ2n) is 8.36. The maximum Gasteiger partial charge on any atom is 0.239 e. The number of rotatable bonds is 6. The molecular weight excluding hydrogens is 479 g/mol. The number of anilines is 2. The molecule has 0 atom stereocenters. The van der Waals surface area contributed by atoms with Gasteiger partial charge in [-0.25, -0.2) is 0 Å². The van der Waals surface area contributed by atoms with E-state index in [1.807, 2.05) is 48.5 Å². The van der Waals surface area contributed by atoms with Gasteiger partial charge in [-0.2, -0.15) is 0 Å². The highest BCUT2D eigenvalue weighted by atomic mass is 35.5. The third-order valence-electron chi connectivity index (χ3n) is 6.40. The van der Waals surface area contributed by atoms with E-state index in [9.17, 15) is 9.59 Å². The minimum Gasteiger partial charge on any atom is -0.325 e. The van der Waals surface area contributed by atoms with Crippen LogP contribution in [0.5, 0.6) is 0 Å².